The second-order valence-electron chi connectivity index (χ2n) is 6.50. The fourth-order valence-electron chi connectivity index (χ4n) is 2.92. The molecule has 0 saturated heterocycles. The molecule has 1 fully saturated rings. The normalized spacial score (nSPS) is 25.4. The molecule has 0 aliphatic heterocycles. The minimum absolute atomic E-state index is 0.0269. The molecule has 0 radical (unpaired) electrons. The van der Waals surface area contributed by atoms with Gasteiger partial charge in [0.15, 0.2) is 0 Å². The van der Waals surface area contributed by atoms with Crippen molar-refractivity contribution >= 4 is 11.9 Å². The van der Waals surface area contributed by atoms with Crippen molar-refractivity contribution in [3.63, 3.8) is 0 Å². The average molecular weight is 269 g/mol. The summed E-state index contributed by atoms with van der Waals surface area (Å²) in [7, 11) is 0. The van der Waals surface area contributed by atoms with Crippen molar-refractivity contribution in [2.24, 2.45) is 17.3 Å². The Morgan fingerprint density at radius 3 is 2.47 bits per heavy atom. The lowest BCUT2D eigenvalue weighted by Gasteiger charge is -2.38. The molecule has 1 aliphatic carbocycles. The van der Waals surface area contributed by atoms with E-state index < -0.39 is 12.0 Å². The molecule has 0 spiro atoms. The fraction of sp³-hybridized carbons (Fsp3) is 0.867. The molecule has 0 bridgehead atoms. The lowest BCUT2D eigenvalue weighted by atomic mass is 9.68. The van der Waals surface area contributed by atoms with E-state index in [0.717, 1.165) is 32.1 Å². The number of hydrogen-bond donors (Lipinski definition) is 2. The molecule has 0 aromatic carbocycles. The number of amides is 1. The van der Waals surface area contributed by atoms with Gasteiger partial charge < -0.3 is 10.4 Å². The molecule has 4 nitrogen and oxygen atoms in total. The molecule has 0 heterocycles. The summed E-state index contributed by atoms with van der Waals surface area (Å²) in [5.74, 6) is -1.13. The Bertz CT molecular complexity index is 338. The highest BCUT2D eigenvalue weighted by atomic mass is 16.4. The van der Waals surface area contributed by atoms with Crippen LogP contribution in [0, 0.1) is 17.3 Å². The first-order valence-electron chi connectivity index (χ1n) is 7.32. The van der Waals surface area contributed by atoms with Crippen LogP contribution in [0.25, 0.3) is 0 Å². The van der Waals surface area contributed by atoms with Gasteiger partial charge in [0.2, 0.25) is 5.91 Å². The topological polar surface area (TPSA) is 66.4 Å². The van der Waals surface area contributed by atoms with E-state index in [2.05, 4.69) is 19.2 Å². The van der Waals surface area contributed by atoms with Crippen molar-refractivity contribution in [1.82, 2.24) is 5.32 Å². The quantitative estimate of drug-likeness (QED) is 0.806. The Labute approximate surface area is 116 Å². The minimum Gasteiger partial charge on any atom is -0.480 e. The van der Waals surface area contributed by atoms with Crippen LogP contribution in [0.4, 0.5) is 0 Å². The Kier molecular flexibility index (Phi) is 5.39. The van der Waals surface area contributed by atoms with E-state index >= 15 is 0 Å². The Morgan fingerprint density at radius 2 is 2.00 bits per heavy atom. The van der Waals surface area contributed by atoms with Crippen molar-refractivity contribution in [1.29, 1.82) is 0 Å². The van der Waals surface area contributed by atoms with Crippen LogP contribution in [0.5, 0.6) is 0 Å². The zero-order valence-corrected chi connectivity index (χ0v) is 12.5. The molecule has 110 valence electrons. The summed E-state index contributed by atoms with van der Waals surface area (Å²) in [6.45, 7) is 8.02. The fourth-order valence-corrected chi connectivity index (χ4v) is 2.92. The van der Waals surface area contributed by atoms with Gasteiger partial charge in [-0.2, -0.15) is 0 Å². The van der Waals surface area contributed by atoms with E-state index in [9.17, 15) is 14.7 Å². The Balaban J connectivity index is 2.73. The summed E-state index contributed by atoms with van der Waals surface area (Å²) in [5.41, 5.74) is -0.0269. The van der Waals surface area contributed by atoms with Gasteiger partial charge in [-0.25, -0.2) is 4.79 Å². The maximum absolute atomic E-state index is 12.4. The van der Waals surface area contributed by atoms with Gasteiger partial charge in [0.25, 0.3) is 0 Å². The van der Waals surface area contributed by atoms with Crippen molar-refractivity contribution in [3.05, 3.63) is 0 Å². The van der Waals surface area contributed by atoms with Gasteiger partial charge in [-0.3, -0.25) is 4.79 Å². The van der Waals surface area contributed by atoms with Crippen molar-refractivity contribution in [2.45, 2.75) is 65.8 Å². The van der Waals surface area contributed by atoms with Crippen molar-refractivity contribution in [2.75, 3.05) is 0 Å². The van der Waals surface area contributed by atoms with E-state index in [-0.39, 0.29) is 23.2 Å². The predicted octanol–water partition coefficient (Wildman–Crippen LogP) is 2.82. The lowest BCUT2D eigenvalue weighted by molar-refractivity contribution is -0.145. The zero-order valence-electron chi connectivity index (χ0n) is 12.5. The van der Waals surface area contributed by atoms with Crippen molar-refractivity contribution in [3.8, 4) is 0 Å². The van der Waals surface area contributed by atoms with Crippen molar-refractivity contribution < 1.29 is 14.7 Å². The third kappa shape index (κ3) is 3.95. The summed E-state index contributed by atoms with van der Waals surface area (Å²) in [6.07, 6.45) is 4.86. The van der Waals surface area contributed by atoms with Gasteiger partial charge in [0, 0.05) is 5.92 Å². The lowest BCUT2D eigenvalue weighted by Crippen LogP contribution is -2.50. The third-order valence-electron chi connectivity index (χ3n) is 4.60. The molecular formula is C15H27NO3. The molecule has 1 aliphatic rings. The standard InChI is InChI=1S/C15H27NO3/c1-5-10(2)12(14(18)19)16-13(17)11-8-6-7-9-15(11,3)4/h10-12H,5-9H2,1-4H3,(H,16,17)(H,18,19)/t10?,11?,12-/m0/s1. The molecule has 2 unspecified atom stereocenters. The Morgan fingerprint density at radius 1 is 1.37 bits per heavy atom. The zero-order chi connectivity index (χ0) is 14.6. The van der Waals surface area contributed by atoms with E-state index in [1.165, 1.54) is 0 Å². The minimum atomic E-state index is -0.934. The average Bonchev–Trinajstić information content (AvgIpc) is 2.33. The van der Waals surface area contributed by atoms with E-state index in [0.29, 0.717) is 0 Å². The van der Waals surface area contributed by atoms with Crippen LogP contribution in [0.2, 0.25) is 0 Å². The summed E-state index contributed by atoms with van der Waals surface area (Å²) in [6, 6.07) is -0.768. The van der Waals surface area contributed by atoms with Gasteiger partial charge in [0.1, 0.15) is 6.04 Å². The number of carboxylic acids is 1. The third-order valence-corrected chi connectivity index (χ3v) is 4.60. The number of aliphatic carboxylic acids is 1. The SMILES string of the molecule is CCC(C)[C@H](NC(=O)C1CCCCC1(C)C)C(=O)O. The number of carboxylic acid groups (broad SMARTS) is 1. The second-order valence-corrected chi connectivity index (χ2v) is 6.50. The van der Waals surface area contributed by atoms with E-state index in [4.69, 9.17) is 0 Å². The van der Waals surface area contributed by atoms with E-state index in [1.807, 2.05) is 13.8 Å². The van der Waals surface area contributed by atoms with Gasteiger partial charge in [-0.15, -0.1) is 0 Å². The van der Waals surface area contributed by atoms with Crippen LogP contribution in [-0.2, 0) is 9.59 Å². The number of carbonyl (C=O) groups excluding carboxylic acids is 1. The Hall–Kier alpha value is -1.06. The molecule has 4 heteroatoms. The maximum Gasteiger partial charge on any atom is 0.326 e. The monoisotopic (exact) mass is 269 g/mol. The smallest absolute Gasteiger partial charge is 0.326 e. The number of hydrogen-bond acceptors (Lipinski definition) is 2. The highest BCUT2D eigenvalue weighted by Gasteiger charge is 2.38. The highest BCUT2D eigenvalue weighted by molar-refractivity contribution is 5.85. The predicted molar refractivity (Wildman–Crippen MR) is 74.8 cm³/mol. The van der Waals surface area contributed by atoms with Gasteiger partial charge in [0.05, 0.1) is 0 Å². The van der Waals surface area contributed by atoms with Crippen LogP contribution in [-0.4, -0.2) is 23.0 Å². The molecule has 0 aromatic heterocycles. The summed E-state index contributed by atoms with van der Waals surface area (Å²) in [4.78, 5) is 23.6. The van der Waals surface area contributed by atoms with Crippen LogP contribution in [0.15, 0.2) is 0 Å². The van der Waals surface area contributed by atoms with Crippen LogP contribution in [0.3, 0.4) is 0 Å². The molecule has 3 atom stereocenters. The first-order chi connectivity index (χ1) is 8.79. The summed E-state index contributed by atoms with van der Waals surface area (Å²) >= 11 is 0. The molecular weight excluding hydrogens is 242 g/mol. The first kappa shape index (κ1) is 16.0. The van der Waals surface area contributed by atoms with E-state index in [1.54, 1.807) is 0 Å². The first-order valence-corrected chi connectivity index (χ1v) is 7.32. The second kappa shape index (κ2) is 6.40. The van der Waals surface area contributed by atoms with Gasteiger partial charge in [-0.05, 0) is 24.2 Å². The van der Waals surface area contributed by atoms with Crippen LogP contribution >= 0.6 is 0 Å². The maximum atomic E-state index is 12.4. The van der Waals surface area contributed by atoms with Gasteiger partial charge in [-0.1, -0.05) is 47.0 Å². The molecule has 1 amide bonds. The molecule has 1 saturated carbocycles. The van der Waals surface area contributed by atoms with Crippen LogP contribution < -0.4 is 5.32 Å². The van der Waals surface area contributed by atoms with Gasteiger partial charge >= 0.3 is 5.97 Å². The molecule has 19 heavy (non-hydrogen) atoms. The summed E-state index contributed by atoms with van der Waals surface area (Å²) in [5, 5.41) is 12.0. The summed E-state index contributed by atoms with van der Waals surface area (Å²) < 4.78 is 0. The molecule has 1 rings (SSSR count). The number of nitrogens with one attached hydrogen (secondary N) is 1. The highest BCUT2D eigenvalue weighted by Crippen LogP contribution is 2.40. The number of rotatable bonds is 5. The van der Waals surface area contributed by atoms with Crippen LogP contribution in [0.1, 0.15) is 59.8 Å². The molecule has 2 N–H and O–H groups in total. The largest absolute Gasteiger partial charge is 0.480 e. The molecule has 0 aromatic rings. The number of carbonyl (C=O) groups is 2.